The molecular formula is C15H21ClN2S. The number of nitrogens with zero attached hydrogens (tertiary/aromatic N) is 1. The van der Waals surface area contributed by atoms with Crippen LogP contribution >= 0.6 is 23.5 Å². The van der Waals surface area contributed by atoms with E-state index in [1.807, 2.05) is 18.2 Å². The van der Waals surface area contributed by atoms with E-state index in [9.17, 15) is 0 Å². The largest absolute Gasteiger partial charge is 0.314 e. The third kappa shape index (κ3) is 4.73. The van der Waals surface area contributed by atoms with Gasteiger partial charge in [0.25, 0.3) is 0 Å². The van der Waals surface area contributed by atoms with Crippen molar-refractivity contribution in [3.8, 4) is 0 Å². The molecule has 0 saturated carbocycles. The van der Waals surface area contributed by atoms with Crippen molar-refractivity contribution in [1.82, 2.24) is 4.72 Å². The van der Waals surface area contributed by atoms with Gasteiger partial charge in [0, 0.05) is 11.4 Å². The van der Waals surface area contributed by atoms with Crippen LogP contribution in [0.5, 0.6) is 0 Å². The van der Waals surface area contributed by atoms with Crippen LogP contribution in [0.25, 0.3) is 0 Å². The molecule has 2 rings (SSSR count). The summed E-state index contributed by atoms with van der Waals surface area (Å²) < 4.78 is 3.32. The lowest BCUT2D eigenvalue weighted by molar-refractivity contribution is 0.614. The molecule has 1 aliphatic heterocycles. The van der Waals surface area contributed by atoms with Gasteiger partial charge in [-0.15, -0.1) is 0 Å². The van der Waals surface area contributed by atoms with Gasteiger partial charge in [0.1, 0.15) is 5.84 Å². The summed E-state index contributed by atoms with van der Waals surface area (Å²) in [4.78, 5) is 5.79. The number of aliphatic imine (C=N–C) groups is 1. The van der Waals surface area contributed by atoms with Crippen molar-refractivity contribution >= 4 is 35.1 Å². The van der Waals surface area contributed by atoms with Gasteiger partial charge in [-0.2, -0.15) is 0 Å². The Hall–Kier alpha value is -0.670. The van der Waals surface area contributed by atoms with Gasteiger partial charge in [-0.1, -0.05) is 50.6 Å². The number of fused-ring (bicyclic) bond motifs is 1. The summed E-state index contributed by atoms with van der Waals surface area (Å²) in [6.07, 6.45) is 8.93. The van der Waals surface area contributed by atoms with Crippen molar-refractivity contribution in [2.24, 2.45) is 4.99 Å². The molecule has 1 aromatic rings. The fourth-order valence-corrected chi connectivity index (χ4v) is 3.01. The van der Waals surface area contributed by atoms with E-state index in [2.05, 4.69) is 16.6 Å². The minimum atomic E-state index is 0.754. The van der Waals surface area contributed by atoms with Gasteiger partial charge in [-0.3, -0.25) is 0 Å². The first-order valence-electron chi connectivity index (χ1n) is 7.09. The Balaban J connectivity index is 1.79. The Morgan fingerprint density at radius 3 is 2.79 bits per heavy atom. The number of rotatable bonds is 7. The zero-order valence-electron chi connectivity index (χ0n) is 11.4. The van der Waals surface area contributed by atoms with E-state index in [-0.39, 0.29) is 0 Å². The van der Waals surface area contributed by atoms with Gasteiger partial charge in [-0.05, 0) is 36.6 Å². The lowest BCUT2D eigenvalue weighted by Gasteiger charge is -2.16. The van der Waals surface area contributed by atoms with Crippen molar-refractivity contribution in [2.45, 2.75) is 56.8 Å². The molecule has 0 spiro atoms. The van der Waals surface area contributed by atoms with Crippen molar-refractivity contribution in [1.29, 1.82) is 0 Å². The maximum Gasteiger partial charge on any atom is 0.112 e. The van der Waals surface area contributed by atoms with Gasteiger partial charge in [0.2, 0.25) is 0 Å². The molecule has 1 N–H and O–H groups in total. The summed E-state index contributed by atoms with van der Waals surface area (Å²) in [5.74, 6) is 1.08. The Morgan fingerprint density at radius 2 is 1.95 bits per heavy atom. The highest BCUT2D eigenvalue weighted by Gasteiger charge is 2.12. The normalized spacial score (nSPS) is 13.7. The van der Waals surface area contributed by atoms with Gasteiger partial charge in [-0.25, -0.2) is 4.99 Å². The highest BCUT2D eigenvalue weighted by atomic mass is 35.5. The molecule has 0 atom stereocenters. The second-order valence-corrected chi connectivity index (χ2v) is 6.18. The quantitative estimate of drug-likeness (QED) is 0.513. The fourth-order valence-electron chi connectivity index (χ4n) is 2.13. The molecule has 0 amide bonds. The van der Waals surface area contributed by atoms with Crippen LogP contribution in [0.1, 0.15) is 51.9 Å². The molecule has 0 unspecified atom stereocenters. The monoisotopic (exact) mass is 296 g/mol. The number of nitrogens with one attached hydrogen (secondary N) is 1. The lowest BCUT2D eigenvalue weighted by Crippen LogP contribution is -2.18. The van der Waals surface area contributed by atoms with Crippen molar-refractivity contribution in [3.63, 3.8) is 0 Å². The first kappa shape index (κ1) is 14.7. The number of hydrogen-bond acceptors (Lipinski definition) is 3. The van der Waals surface area contributed by atoms with Gasteiger partial charge >= 0.3 is 0 Å². The standard InChI is InChI=1S/C15H21ClN2S/c1-2-3-4-5-6-7-8-15-17-13-11-12(16)9-10-14(13)19-18-15/h9-11H,2-8H2,1H3,(H,17,18). The van der Waals surface area contributed by atoms with Crippen LogP contribution < -0.4 is 4.72 Å². The second kappa shape index (κ2) is 7.81. The molecule has 4 heteroatoms. The summed E-state index contributed by atoms with van der Waals surface area (Å²) in [5, 5.41) is 0.754. The van der Waals surface area contributed by atoms with E-state index >= 15 is 0 Å². The van der Waals surface area contributed by atoms with Crippen molar-refractivity contribution in [2.75, 3.05) is 0 Å². The summed E-state index contributed by atoms with van der Waals surface area (Å²) >= 11 is 7.64. The molecular weight excluding hydrogens is 276 g/mol. The molecule has 0 fully saturated rings. The first-order chi connectivity index (χ1) is 9.29. The van der Waals surface area contributed by atoms with Crippen LogP contribution in [0.4, 0.5) is 5.69 Å². The minimum Gasteiger partial charge on any atom is -0.314 e. The highest BCUT2D eigenvalue weighted by Crippen LogP contribution is 2.34. The molecule has 104 valence electrons. The number of amidine groups is 1. The van der Waals surface area contributed by atoms with Crippen LogP contribution in [0.2, 0.25) is 5.02 Å². The highest BCUT2D eigenvalue weighted by molar-refractivity contribution is 7.98. The predicted octanol–water partition coefficient (Wildman–Crippen LogP) is 5.73. The maximum absolute atomic E-state index is 6.00. The molecule has 0 aliphatic carbocycles. The van der Waals surface area contributed by atoms with E-state index in [1.54, 1.807) is 11.9 Å². The Bertz CT molecular complexity index is 446. The summed E-state index contributed by atoms with van der Waals surface area (Å²) in [6.45, 7) is 2.25. The SMILES string of the molecule is CCCCCCCCC1=Nc2cc(Cl)ccc2SN1. The molecule has 19 heavy (non-hydrogen) atoms. The molecule has 1 heterocycles. The molecule has 0 radical (unpaired) electrons. The fraction of sp³-hybridized carbons (Fsp3) is 0.533. The van der Waals surface area contributed by atoms with E-state index in [0.717, 1.165) is 27.9 Å². The van der Waals surface area contributed by atoms with Gasteiger partial charge < -0.3 is 4.72 Å². The number of hydrogen-bond donors (Lipinski definition) is 1. The van der Waals surface area contributed by atoms with Crippen LogP contribution in [0.3, 0.4) is 0 Å². The third-order valence-electron chi connectivity index (χ3n) is 3.22. The Kier molecular flexibility index (Phi) is 6.05. The molecule has 2 nitrogen and oxygen atoms in total. The summed E-state index contributed by atoms with van der Waals surface area (Å²) in [7, 11) is 0. The van der Waals surface area contributed by atoms with Crippen molar-refractivity contribution < 1.29 is 0 Å². The number of benzene rings is 1. The van der Waals surface area contributed by atoms with Gasteiger partial charge in [0.15, 0.2) is 0 Å². The molecule has 1 aliphatic rings. The predicted molar refractivity (Wildman–Crippen MR) is 85.5 cm³/mol. The van der Waals surface area contributed by atoms with Crippen LogP contribution in [-0.2, 0) is 0 Å². The summed E-state index contributed by atoms with van der Waals surface area (Å²) in [5.41, 5.74) is 0.997. The summed E-state index contributed by atoms with van der Waals surface area (Å²) in [6, 6.07) is 5.86. The smallest absolute Gasteiger partial charge is 0.112 e. The Morgan fingerprint density at radius 1 is 1.16 bits per heavy atom. The maximum atomic E-state index is 6.00. The zero-order valence-corrected chi connectivity index (χ0v) is 13.0. The average molecular weight is 297 g/mol. The lowest BCUT2D eigenvalue weighted by atomic mass is 10.1. The molecule has 0 saturated heterocycles. The van der Waals surface area contributed by atoms with Crippen molar-refractivity contribution in [3.05, 3.63) is 23.2 Å². The topological polar surface area (TPSA) is 24.4 Å². The molecule has 1 aromatic carbocycles. The first-order valence-corrected chi connectivity index (χ1v) is 8.29. The zero-order chi connectivity index (χ0) is 13.5. The van der Waals surface area contributed by atoms with E-state index < -0.39 is 0 Å². The van der Waals surface area contributed by atoms with Crippen LogP contribution in [-0.4, -0.2) is 5.84 Å². The van der Waals surface area contributed by atoms with Crippen LogP contribution in [0, 0.1) is 0 Å². The Labute approximate surface area is 125 Å². The van der Waals surface area contributed by atoms with Crippen LogP contribution in [0.15, 0.2) is 28.1 Å². The molecule has 0 aromatic heterocycles. The number of halogens is 1. The molecule has 0 bridgehead atoms. The van der Waals surface area contributed by atoms with E-state index in [4.69, 9.17) is 11.6 Å². The average Bonchev–Trinajstić information content (AvgIpc) is 2.42. The van der Waals surface area contributed by atoms with E-state index in [0.29, 0.717) is 0 Å². The minimum absolute atomic E-state index is 0.754. The van der Waals surface area contributed by atoms with Gasteiger partial charge in [0.05, 0.1) is 10.6 Å². The third-order valence-corrected chi connectivity index (χ3v) is 4.36. The second-order valence-electron chi connectivity index (χ2n) is 4.89. The number of unbranched alkanes of at least 4 members (excludes halogenated alkanes) is 5. The van der Waals surface area contributed by atoms with E-state index in [1.165, 1.54) is 38.5 Å².